The van der Waals surface area contributed by atoms with Gasteiger partial charge in [-0.05, 0) is 18.9 Å². The van der Waals surface area contributed by atoms with E-state index in [1.165, 1.54) is 5.56 Å². The van der Waals surface area contributed by atoms with Gasteiger partial charge in [0, 0.05) is 12.6 Å². The first-order chi connectivity index (χ1) is 6.79. The molecule has 1 rings (SSSR count). The quantitative estimate of drug-likeness (QED) is 0.779. The van der Waals surface area contributed by atoms with E-state index in [4.69, 9.17) is 10.5 Å². The molecule has 14 heavy (non-hydrogen) atoms. The molecule has 0 radical (unpaired) electrons. The summed E-state index contributed by atoms with van der Waals surface area (Å²) in [6, 6.07) is 10.3. The van der Waals surface area contributed by atoms with Crippen LogP contribution in [0.15, 0.2) is 30.3 Å². The molecule has 2 N–H and O–H groups in total. The topological polar surface area (TPSA) is 35.2 Å². The number of rotatable bonds is 5. The Morgan fingerprint density at radius 1 is 1.21 bits per heavy atom. The van der Waals surface area contributed by atoms with E-state index in [9.17, 15) is 0 Å². The fraction of sp³-hybridized carbons (Fsp3) is 0.500. The highest BCUT2D eigenvalue weighted by Gasteiger charge is 2.17. The lowest BCUT2D eigenvalue weighted by Crippen LogP contribution is -2.29. The molecule has 0 aromatic heterocycles. The van der Waals surface area contributed by atoms with Crippen LogP contribution in [0.25, 0.3) is 0 Å². The van der Waals surface area contributed by atoms with Gasteiger partial charge in [-0.1, -0.05) is 37.3 Å². The van der Waals surface area contributed by atoms with Crippen LogP contribution in [0.1, 0.15) is 31.9 Å². The Morgan fingerprint density at radius 3 is 2.36 bits per heavy atom. The number of hydrogen-bond acceptors (Lipinski definition) is 2. The molecule has 2 heteroatoms. The van der Waals surface area contributed by atoms with Gasteiger partial charge in [-0.15, -0.1) is 0 Å². The molecule has 0 aliphatic heterocycles. The van der Waals surface area contributed by atoms with Crippen molar-refractivity contribution >= 4 is 0 Å². The van der Waals surface area contributed by atoms with Crippen LogP contribution in [0.4, 0.5) is 0 Å². The largest absolute Gasteiger partial charge is 0.372 e. The van der Waals surface area contributed by atoms with E-state index in [1.807, 2.05) is 25.1 Å². The molecule has 2 unspecified atom stereocenters. The Morgan fingerprint density at radius 2 is 1.86 bits per heavy atom. The Kier molecular flexibility index (Phi) is 4.63. The molecule has 78 valence electrons. The number of nitrogens with two attached hydrogens (primary N) is 1. The third-order valence-electron chi connectivity index (χ3n) is 2.33. The highest BCUT2D eigenvalue weighted by Crippen LogP contribution is 2.21. The molecule has 2 atom stereocenters. The van der Waals surface area contributed by atoms with Gasteiger partial charge in [0.15, 0.2) is 0 Å². The second-order valence-corrected chi connectivity index (χ2v) is 3.36. The molecule has 0 heterocycles. The zero-order valence-electron chi connectivity index (χ0n) is 8.94. The number of benzene rings is 1. The minimum absolute atomic E-state index is 0.0335. The molecule has 0 spiro atoms. The Balaban J connectivity index is 2.77. The van der Waals surface area contributed by atoms with Crippen molar-refractivity contribution in [2.75, 3.05) is 6.61 Å². The van der Waals surface area contributed by atoms with Crippen molar-refractivity contribution in [1.29, 1.82) is 0 Å². The van der Waals surface area contributed by atoms with Gasteiger partial charge in [0.1, 0.15) is 0 Å². The summed E-state index contributed by atoms with van der Waals surface area (Å²) in [6.07, 6.45) is 0.964. The molecular weight excluding hydrogens is 174 g/mol. The van der Waals surface area contributed by atoms with Gasteiger partial charge in [-0.3, -0.25) is 0 Å². The predicted octanol–water partition coefficient (Wildman–Crippen LogP) is 2.50. The highest BCUT2D eigenvalue weighted by molar-refractivity contribution is 5.19. The first kappa shape index (κ1) is 11.2. The van der Waals surface area contributed by atoms with Gasteiger partial charge in [-0.25, -0.2) is 0 Å². The fourth-order valence-corrected chi connectivity index (χ4v) is 1.50. The lowest BCUT2D eigenvalue weighted by Gasteiger charge is -2.23. The van der Waals surface area contributed by atoms with Crippen LogP contribution in [0.2, 0.25) is 0 Å². The second-order valence-electron chi connectivity index (χ2n) is 3.36. The minimum atomic E-state index is 0.0335. The third-order valence-corrected chi connectivity index (χ3v) is 2.33. The monoisotopic (exact) mass is 193 g/mol. The lowest BCUT2D eigenvalue weighted by molar-refractivity contribution is 0.0424. The summed E-state index contributed by atoms with van der Waals surface area (Å²) >= 11 is 0. The molecule has 0 aliphatic rings. The SMILES string of the molecule is CCOC(c1ccccc1)C(N)CC. The minimum Gasteiger partial charge on any atom is -0.372 e. The lowest BCUT2D eigenvalue weighted by atomic mass is 10.0. The van der Waals surface area contributed by atoms with E-state index < -0.39 is 0 Å². The van der Waals surface area contributed by atoms with Crippen molar-refractivity contribution in [2.24, 2.45) is 5.73 Å². The molecular formula is C12H19NO. The van der Waals surface area contributed by atoms with Crippen LogP contribution in [0.3, 0.4) is 0 Å². The van der Waals surface area contributed by atoms with E-state index in [1.54, 1.807) is 0 Å². The summed E-state index contributed by atoms with van der Waals surface area (Å²) in [5.74, 6) is 0. The normalized spacial score (nSPS) is 15.1. The fourth-order valence-electron chi connectivity index (χ4n) is 1.50. The Bertz CT molecular complexity index is 248. The summed E-state index contributed by atoms with van der Waals surface area (Å²) < 4.78 is 5.66. The second kappa shape index (κ2) is 5.78. The zero-order chi connectivity index (χ0) is 10.4. The Hall–Kier alpha value is -0.860. The molecule has 1 aromatic rings. The molecule has 0 saturated carbocycles. The summed E-state index contributed by atoms with van der Waals surface area (Å²) in [5.41, 5.74) is 7.18. The standard InChI is InChI=1S/C12H19NO/c1-3-11(13)12(14-4-2)10-8-6-5-7-9-10/h5-9,11-12H,3-4,13H2,1-2H3. The van der Waals surface area contributed by atoms with Crippen LogP contribution in [0.5, 0.6) is 0 Å². The molecule has 2 nitrogen and oxygen atoms in total. The van der Waals surface area contributed by atoms with Gasteiger partial charge in [0.05, 0.1) is 6.10 Å². The smallest absolute Gasteiger partial charge is 0.0975 e. The van der Waals surface area contributed by atoms with Crippen molar-refractivity contribution in [3.8, 4) is 0 Å². The van der Waals surface area contributed by atoms with E-state index in [2.05, 4.69) is 19.1 Å². The summed E-state index contributed by atoms with van der Waals surface area (Å²) in [7, 11) is 0. The van der Waals surface area contributed by atoms with Gasteiger partial charge < -0.3 is 10.5 Å². The molecule has 1 aromatic carbocycles. The van der Waals surface area contributed by atoms with E-state index in [0.29, 0.717) is 6.61 Å². The van der Waals surface area contributed by atoms with Crippen LogP contribution >= 0.6 is 0 Å². The van der Waals surface area contributed by atoms with E-state index >= 15 is 0 Å². The number of ether oxygens (including phenoxy) is 1. The van der Waals surface area contributed by atoms with E-state index in [-0.39, 0.29) is 12.1 Å². The average molecular weight is 193 g/mol. The maximum Gasteiger partial charge on any atom is 0.0975 e. The van der Waals surface area contributed by atoms with Gasteiger partial charge in [0.2, 0.25) is 0 Å². The summed E-state index contributed by atoms with van der Waals surface area (Å²) in [5, 5.41) is 0. The Labute approximate surface area is 86.1 Å². The maximum atomic E-state index is 6.01. The van der Waals surface area contributed by atoms with Crippen LogP contribution in [-0.4, -0.2) is 12.6 Å². The third kappa shape index (κ3) is 2.82. The van der Waals surface area contributed by atoms with Crippen molar-refractivity contribution < 1.29 is 4.74 Å². The molecule has 0 saturated heterocycles. The molecule has 0 bridgehead atoms. The van der Waals surface area contributed by atoms with Crippen LogP contribution in [0, 0.1) is 0 Å². The number of hydrogen-bond donors (Lipinski definition) is 1. The van der Waals surface area contributed by atoms with Crippen molar-refractivity contribution in [3.63, 3.8) is 0 Å². The maximum absolute atomic E-state index is 6.01. The zero-order valence-corrected chi connectivity index (χ0v) is 8.94. The van der Waals surface area contributed by atoms with Crippen molar-refractivity contribution in [1.82, 2.24) is 0 Å². The van der Waals surface area contributed by atoms with Crippen molar-refractivity contribution in [2.45, 2.75) is 32.4 Å². The predicted molar refractivity (Wildman–Crippen MR) is 59.1 cm³/mol. The average Bonchev–Trinajstić information content (AvgIpc) is 2.26. The van der Waals surface area contributed by atoms with E-state index in [0.717, 1.165) is 6.42 Å². The first-order valence-electron chi connectivity index (χ1n) is 5.21. The molecule has 0 fully saturated rings. The van der Waals surface area contributed by atoms with Gasteiger partial charge in [0.25, 0.3) is 0 Å². The summed E-state index contributed by atoms with van der Waals surface area (Å²) in [6.45, 7) is 4.78. The molecule has 0 aliphatic carbocycles. The van der Waals surface area contributed by atoms with Crippen LogP contribution < -0.4 is 5.73 Å². The highest BCUT2D eigenvalue weighted by atomic mass is 16.5. The van der Waals surface area contributed by atoms with Gasteiger partial charge >= 0.3 is 0 Å². The van der Waals surface area contributed by atoms with Gasteiger partial charge in [-0.2, -0.15) is 0 Å². The van der Waals surface area contributed by atoms with Crippen LogP contribution in [-0.2, 0) is 4.74 Å². The first-order valence-corrected chi connectivity index (χ1v) is 5.21. The summed E-state index contributed by atoms with van der Waals surface area (Å²) in [4.78, 5) is 0. The van der Waals surface area contributed by atoms with Crippen molar-refractivity contribution in [3.05, 3.63) is 35.9 Å². The molecule has 0 amide bonds.